The molecule has 0 spiro atoms. The summed E-state index contributed by atoms with van der Waals surface area (Å²) in [6, 6.07) is -0.458. The van der Waals surface area contributed by atoms with Gasteiger partial charge in [-0.2, -0.15) is 0 Å². The van der Waals surface area contributed by atoms with Gasteiger partial charge < -0.3 is 11.5 Å². The number of carbonyl (C=O) groups excluding carboxylic acids is 1. The molecule has 50 valence electrons. The summed E-state index contributed by atoms with van der Waals surface area (Å²) >= 11 is 0. The predicted molar refractivity (Wildman–Crippen MR) is 42.9 cm³/mol. The summed E-state index contributed by atoms with van der Waals surface area (Å²) in [6.45, 7) is 1.81. The van der Waals surface area contributed by atoms with Gasteiger partial charge in [0, 0.05) is 0 Å². The molecule has 0 aromatic heterocycles. The van der Waals surface area contributed by atoms with Gasteiger partial charge in [-0.1, -0.05) is 6.92 Å². The molecule has 4 heteroatoms. The quantitative estimate of drug-likeness (QED) is 0.646. The average Bonchev–Trinajstić information content (AvgIpc) is 1.65. The van der Waals surface area contributed by atoms with Crippen molar-refractivity contribution in [2.24, 2.45) is 11.5 Å². The van der Waals surface area contributed by atoms with Crippen LogP contribution in [0.4, 0.5) is 0 Å². The van der Waals surface area contributed by atoms with E-state index in [2.05, 4.69) is 0 Å². The molecule has 0 saturated carbocycles. The van der Waals surface area contributed by atoms with Crippen molar-refractivity contribution in [1.29, 1.82) is 0 Å². The number of halogens is 1. The summed E-state index contributed by atoms with van der Waals surface area (Å²) in [5.74, 6) is -0.428. The third-order valence-electron chi connectivity index (χ3n) is 0.805. The Hall–Kier alpha value is 0.160. The van der Waals surface area contributed by atoms with Crippen LogP contribution in [0.25, 0.3) is 0 Å². The lowest BCUT2D eigenvalue weighted by Gasteiger charge is -1.98. The zero-order chi connectivity index (χ0) is 5.86. The van der Waals surface area contributed by atoms with Gasteiger partial charge >= 0.3 is 0 Å². The van der Waals surface area contributed by atoms with Crippen molar-refractivity contribution in [3.05, 3.63) is 0 Å². The van der Waals surface area contributed by atoms with Crippen molar-refractivity contribution in [3.8, 4) is 0 Å². The molecule has 1 unspecified atom stereocenters. The van der Waals surface area contributed by atoms with Crippen LogP contribution < -0.4 is 11.5 Å². The number of nitrogens with two attached hydrogens (primary N) is 2. The van der Waals surface area contributed by atoms with Crippen LogP contribution in [0.3, 0.4) is 0 Å². The van der Waals surface area contributed by atoms with E-state index in [-0.39, 0.29) is 24.0 Å². The van der Waals surface area contributed by atoms with Crippen LogP contribution in [0, 0.1) is 0 Å². The van der Waals surface area contributed by atoms with Crippen LogP contribution in [0.5, 0.6) is 0 Å². The normalized spacial score (nSPS) is 11.8. The van der Waals surface area contributed by atoms with Crippen LogP contribution >= 0.6 is 24.0 Å². The van der Waals surface area contributed by atoms with Gasteiger partial charge in [0.15, 0.2) is 0 Å². The van der Waals surface area contributed by atoms with Gasteiger partial charge in [0.2, 0.25) is 5.91 Å². The molecule has 0 rings (SSSR count). The fourth-order valence-electron chi connectivity index (χ4n) is 0.201. The van der Waals surface area contributed by atoms with Gasteiger partial charge in [-0.05, 0) is 6.42 Å². The van der Waals surface area contributed by atoms with Gasteiger partial charge in [0.05, 0.1) is 6.04 Å². The lowest BCUT2D eigenvalue weighted by atomic mass is 10.2. The minimum absolute atomic E-state index is 0. The van der Waals surface area contributed by atoms with E-state index in [4.69, 9.17) is 11.5 Å². The summed E-state index contributed by atoms with van der Waals surface area (Å²) in [5, 5.41) is 0. The van der Waals surface area contributed by atoms with Gasteiger partial charge in [-0.15, -0.1) is 24.0 Å². The Bertz CT molecular complexity index is 76.4. The molecular formula is C4H11IN2O. The highest BCUT2D eigenvalue weighted by Crippen LogP contribution is 1.80. The van der Waals surface area contributed by atoms with Gasteiger partial charge in [0.1, 0.15) is 0 Å². The summed E-state index contributed by atoms with van der Waals surface area (Å²) in [4.78, 5) is 10.0. The molecule has 0 radical (unpaired) electrons. The standard InChI is InChI=1S/C4H10N2O.HI/c1-2-3(5)4(6)7;/h3H,2,5H2,1H3,(H2,6,7);1H. The first-order valence-electron chi connectivity index (χ1n) is 2.23. The Labute approximate surface area is 65.8 Å². The molecule has 4 N–H and O–H groups in total. The van der Waals surface area contributed by atoms with Crippen molar-refractivity contribution in [2.75, 3.05) is 0 Å². The molecule has 0 aromatic carbocycles. The molecule has 0 aliphatic rings. The second-order valence-electron chi connectivity index (χ2n) is 1.42. The van der Waals surface area contributed by atoms with E-state index in [1.165, 1.54) is 0 Å². The smallest absolute Gasteiger partial charge is 0.234 e. The van der Waals surface area contributed by atoms with Gasteiger partial charge in [0.25, 0.3) is 0 Å². The van der Waals surface area contributed by atoms with Crippen molar-refractivity contribution in [2.45, 2.75) is 19.4 Å². The van der Waals surface area contributed by atoms with Crippen LogP contribution in [-0.4, -0.2) is 11.9 Å². The highest BCUT2D eigenvalue weighted by Gasteiger charge is 2.02. The summed E-state index contributed by atoms with van der Waals surface area (Å²) in [7, 11) is 0. The molecule has 1 amide bonds. The van der Waals surface area contributed by atoms with Crippen molar-refractivity contribution in [3.63, 3.8) is 0 Å². The van der Waals surface area contributed by atoms with E-state index in [9.17, 15) is 4.79 Å². The van der Waals surface area contributed by atoms with E-state index in [0.717, 1.165) is 0 Å². The molecule has 1 atom stereocenters. The van der Waals surface area contributed by atoms with Crippen LogP contribution in [0.2, 0.25) is 0 Å². The fraction of sp³-hybridized carbons (Fsp3) is 0.750. The molecule has 8 heavy (non-hydrogen) atoms. The number of rotatable bonds is 2. The summed E-state index contributed by atoms with van der Waals surface area (Å²) in [5.41, 5.74) is 9.92. The third kappa shape index (κ3) is 4.32. The highest BCUT2D eigenvalue weighted by atomic mass is 127. The van der Waals surface area contributed by atoms with E-state index in [0.29, 0.717) is 6.42 Å². The Balaban J connectivity index is 0. The van der Waals surface area contributed by atoms with Crippen molar-refractivity contribution < 1.29 is 4.79 Å². The molecule has 0 aromatic rings. The Kier molecular flexibility index (Phi) is 7.30. The zero-order valence-corrected chi connectivity index (χ0v) is 7.09. The maximum absolute atomic E-state index is 10.0. The highest BCUT2D eigenvalue weighted by molar-refractivity contribution is 14.0. The van der Waals surface area contributed by atoms with Gasteiger partial charge in [-0.25, -0.2) is 0 Å². The average molecular weight is 230 g/mol. The molecule has 0 fully saturated rings. The topological polar surface area (TPSA) is 69.1 Å². The van der Waals surface area contributed by atoms with E-state index in [1.54, 1.807) is 0 Å². The second-order valence-corrected chi connectivity index (χ2v) is 1.42. The lowest BCUT2D eigenvalue weighted by molar-refractivity contribution is -0.119. The number of primary amides is 1. The molecule has 0 aliphatic heterocycles. The third-order valence-corrected chi connectivity index (χ3v) is 0.805. The molecule has 0 heterocycles. The predicted octanol–water partition coefficient (Wildman–Crippen LogP) is -0.173. The van der Waals surface area contributed by atoms with Crippen molar-refractivity contribution in [1.82, 2.24) is 0 Å². The van der Waals surface area contributed by atoms with E-state index >= 15 is 0 Å². The number of amides is 1. The Morgan fingerprint density at radius 2 is 2.12 bits per heavy atom. The Morgan fingerprint density at radius 3 is 2.12 bits per heavy atom. The maximum atomic E-state index is 10.0. The zero-order valence-electron chi connectivity index (χ0n) is 4.76. The largest absolute Gasteiger partial charge is 0.368 e. The minimum Gasteiger partial charge on any atom is -0.368 e. The molecule has 3 nitrogen and oxygen atoms in total. The summed E-state index contributed by atoms with van der Waals surface area (Å²) in [6.07, 6.45) is 0.620. The van der Waals surface area contributed by atoms with Crippen LogP contribution in [-0.2, 0) is 4.79 Å². The molecule has 0 saturated heterocycles. The van der Waals surface area contributed by atoms with Crippen LogP contribution in [0.1, 0.15) is 13.3 Å². The van der Waals surface area contributed by atoms with Gasteiger partial charge in [-0.3, -0.25) is 4.79 Å². The lowest BCUT2D eigenvalue weighted by Crippen LogP contribution is -2.35. The molecule has 0 bridgehead atoms. The summed E-state index contributed by atoms with van der Waals surface area (Å²) < 4.78 is 0. The maximum Gasteiger partial charge on any atom is 0.234 e. The van der Waals surface area contributed by atoms with E-state index in [1.807, 2.05) is 6.92 Å². The fourth-order valence-corrected chi connectivity index (χ4v) is 0.201. The second kappa shape index (κ2) is 5.30. The Morgan fingerprint density at radius 1 is 1.75 bits per heavy atom. The first-order valence-corrected chi connectivity index (χ1v) is 2.23. The minimum atomic E-state index is -0.458. The first kappa shape index (κ1) is 11.0. The van der Waals surface area contributed by atoms with Crippen LogP contribution in [0.15, 0.2) is 0 Å². The molecule has 0 aliphatic carbocycles. The number of hydrogen-bond acceptors (Lipinski definition) is 2. The first-order chi connectivity index (χ1) is 3.18. The van der Waals surface area contributed by atoms with E-state index < -0.39 is 11.9 Å². The number of carbonyl (C=O) groups is 1. The molecular weight excluding hydrogens is 219 g/mol. The SMILES string of the molecule is CCC(N)C(N)=O.I. The number of hydrogen-bond donors (Lipinski definition) is 2. The van der Waals surface area contributed by atoms with Crippen molar-refractivity contribution >= 4 is 29.9 Å². The monoisotopic (exact) mass is 230 g/mol.